The van der Waals surface area contributed by atoms with E-state index in [1.807, 2.05) is 0 Å². The van der Waals surface area contributed by atoms with Gasteiger partial charge in [-0.3, -0.25) is 0 Å². The molecule has 1 nitrogen and oxygen atoms in total. The molecule has 4 rings (SSSR count). The minimum atomic E-state index is -0.0504. The average molecular weight is 256 g/mol. The van der Waals surface area contributed by atoms with Gasteiger partial charge in [0, 0.05) is 5.92 Å². The zero-order chi connectivity index (χ0) is 13.0. The second kappa shape index (κ2) is 4.09. The van der Waals surface area contributed by atoms with E-state index in [0.29, 0.717) is 5.92 Å². The first-order valence-corrected chi connectivity index (χ1v) is 7.93. The minimum Gasteiger partial charge on any atom is -0.393 e. The summed E-state index contributed by atoms with van der Waals surface area (Å²) in [6, 6.07) is 0. The van der Waals surface area contributed by atoms with Gasteiger partial charge in [0.25, 0.3) is 0 Å². The van der Waals surface area contributed by atoms with Crippen molar-refractivity contribution in [2.24, 2.45) is 29.1 Å². The summed E-state index contributed by atoms with van der Waals surface area (Å²) in [4.78, 5) is 0. The van der Waals surface area contributed by atoms with Crippen molar-refractivity contribution in [3.63, 3.8) is 0 Å². The smallest absolute Gasteiger partial charge is 0.0596 e. The maximum Gasteiger partial charge on any atom is 0.0596 e. The van der Waals surface area contributed by atoms with Gasteiger partial charge in [-0.1, -0.05) is 37.3 Å². The summed E-state index contributed by atoms with van der Waals surface area (Å²) in [6.07, 6.45) is 17.6. The van der Waals surface area contributed by atoms with E-state index in [1.54, 1.807) is 5.57 Å². The third-order valence-corrected chi connectivity index (χ3v) is 6.63. The van der Waals surface area contributed by atoms with E-state index >= 15 is 0 Å². The van der Waals surface area contributed by atoms with Crippen LogP contribution >= 0.6 is 0 Å². The Kier molecular flexibility index (Phi) is 2.57. The second-order valence-corrected chi connectivity index (χ2v) is 7.28. The normalized spacial score (nSPS) is 51.3. The van der Waals surface area contributed by atoms with Crippen LogP contribution in [0.15, 0.2) is 36.0 Å². The van der Waals surface area contributed by atoms with Crippen LogP contribution < -0.4 is 0 Å². The van der Waals surface area contributed by atoms with Crippen molar-refractivity contribution in [2.75, 3.05) is 0 Å². The van der Waals surface area contributed by atoms with E-state index in [2.05, 4.69) is 37.3 Å². The summed E-state index contributed by atoms with van der Waals surface area (Å²) in [6.45, 7) is 2.35. The summed E-state index contributed by atoms with van der Waals surface area (Å²) in [7, 11) is 0. The van der Waals surface area contributed by atoms with E-state index in [4.69, 9.17) is 0 Å². The van der Waals surface area contributed by atoms with Crippen molar-refractivity contribution in [3.05, 3.63) is 36.0 Å². The van der Waals surface area contributed by atoms with Gasteiger partial charge in [0.05, 0.1) is 6.10 Å². The highest BCUT2D eigenvalue weighted by Gasteiger charge is 2.54. The topological polar surface area (TPSA) is 20.2 Å². The van der Waals surface area contributed by atoms with Gasteiger partial charge >= 0.3 is 0 Å². The highest BCUT2D eigenvalue weighted by molar-refractivity contribution is 5.36. The van der Waals surface area contributed by atoms with Crippen molar-refractivity contribution in [2.45, 2.75) is 45.1 Å². The molecule has 19 heavy (non-hydrogen) atoms. The fraction of sp³-hybridized carbons (Fsp3) is 0.667. The largest absolute Gasteiger partial charge is 0.393 e. The van der Waals surface area contributed by atoms with Gasteiger partial charge in [0.1, 0.15) is 0 Å². The number of hydrogen-bond acceptors (Lipinski definition) is 1. The molecule has 0 heterocycles. The molecule has 4 aliphatic rings. The molecular weight excluding hydrogens is 232 g/mol. The molecule has 1 unspecified atom stereocenters. The van der Waals surface area contributed by atoms with Crippen molar-refractivity contribution in [1.82, 2.24) is 0 Å². The first-order chi connectivity index (χ1) is 9.20. The minimum absolute atomic E-state index is 0.0504. The maximum atomic E-state index is 10.4. The van der Waals surface area contributed by atoms with Gasteiger partial charge in [-0.2, -0.15) is 0 Å². The van der Waals surface area contributed by atoms with E-state index in [0.717, 1.165) is 24.2 Å². The number of fused-ring (bicyclic) bond motifs is 5. The lowest BCUT2D eigenvalue weighted by Crippen LogP contribution is -2.46. The zero-order valence-electron chi connectivity index (χ0n) is 11.8. The molecule has 6 atom stereocenters. The van der Waals surface area contributed by atoms with Gasteiger partial charge in [0.15, 0.2) is 0 Å². The molecule has 0 saturated heterocycles. The number of rotatable bonds is 0. The van der Waals surface area contributed by atoms with E-state index in [9.17, 15) is 5.11 Å². The summed E-state index contributed by atoms with van der Waals surface area (Å²) < 4.78 is 0. The predicted molar refractivity (Wildman–Crippen MR) is 77.5 cm³/mol. The Morgan fingerprint density at radius 2 is 2.05 bits per heavy atom. The van der Waals surface area contributed by atoms with Crippen molar-refractivity contribution < 1.29 is 5.11 Å². The van der Waals surface area contributed by atoms with Crippen molar-refractivity contribution >= 4 is 0 Å². The molecule has 0 aliphatic heterocycles. The van der Waals surface area contributed by atoms with Crippen LogP contribution in [0.1, 0.15) is 39.0 Å². The lowest BCUT2D eigenvalue weighted by Gasteiger charge is -2.51. The summed E-state index contributed by atoms with van der Waals surface area (Å²) in [5.74, 6) is 3.04. The number of hydrogen-bond donors (Lipinski definition) is 1. The number of aliphatic hydroxyl groups is 1. The lowest BCUT2D eigenvalue weighted by molar-refractivity contribution is -0.0402. The number of aliphatic hydroxyl groups excluding tert-OH is 1. The zero-order valence-corrected chi connectivity index (χ0v) is 11.8. The molecule has 2 saturated carbocycles. The van der Waals surface area contributed by atoms with Crippen LogP contribution in [0, 0.1) is 29.1 Å². The van der Waals surface area contributed by atoms with Crippen LogP contribution in [-0.2, 0) is 0 Å². The molecule has 1 N–H and O–H groups in total. The Bertz CT molecular complexity index is 472. The SMILES string of the molecule is C[C@]12CC[C@H]3[C@@H](CC=C4C=CC=C[C@@H]43)[C@@H]1CCC2O. The van der Waals surface area contributed by atoms with E-state index in [-0.39, 0.29) is 11.5 Å². The molecule has 0 spiro atoms. The van der Waals surface area contributed by atoms with Gasteiger partial charge < -0.3 is 5.11 Å². The molecule has 0 aromatic heterocycles. The van der Waals surface area contributed by atoms with Crippen LogP contribution in [0.2, 0.25) is 0 Å². The first-order valence-electron chi connectivity index (χ1n) is 7.93. The second-order valence-electron chi connectivity index (χ2n) is 7.28. The Balaban J connectivity index is 1.68. The number of allylic oxidation sites excluding steroid dienone is 6. The van der Waals surface area contributed by atoms with E-state index < -0.39 is 0 Å². The molecule has 0 radical (unpaired) electrons. The molecule has 0 bridgehead atoms. The molecule has 102 valence electrons. The molecular formula is C18H24O. The van der Waals surface area contributed by atoms with Gasteiger partial charge in [-0.05, 0) is 60.8 Å². The Morgan fingerprint density at radius 3 is 2.95 bits per heavy atom. The van der Waals surface area contributed by atoms with Crippen LogP contribution in [0.3, 0.4) is 0 Å². The molecule has 1 heteroatoms. The first kappa shape index (κ1) is 12.0. The highest BCUT2D eigenvalue weighted by Crippen LogP contribution is 2.60. The fourth-order valence-electron chi connectivity index (χ4n) is 5.51. The van der Waals surface area contributed by atoms with Crippen LogP contribution in [0.4, 0.5) is 0 Å². The quantitative estimate of drug-likeness (QED) is 0.697. The Labute approximate surface area is 116 Å². The Hall–Kier alpha value is -0.820. The summed E-state index contributed by atoms with van der Waals surface area (Å²) in [5, 5.41) is 10.4. The van der Waals surface area contributed by atoms with Crippen LogP contribution in [0.25, 0.3) is 0 Å². The van der Waals surface area contributed by atoms with Crippen molar-refractivity contribution in [1.29, 1.82) is 0 Å². The maximum absolute atomic E-state index is 10.4. The van der Waals surface area contributed by atoms with Crippen LogP contribution in [0.5, 0.6) is 0 Å². The highest BCUT2D eigenvalue weighted by atomic mass is 16.3. The monoisotopic (exact) mass is 256 g/mol. The molecule has 0 aromatic carbocycles. The predicted octanol–water partition coefficient (Wildman–Crippen LogP) is 3.86. The lowest BCUT2D eigenvalue weighted by atomic mass is 9.54. The molecule has 4 aliphatic carbocycles. The van der Waals surface area contributed by atoms with Gasteiger partial charge in [-0.25, -0.2) is 0 Å². The van der Waals surface area contributed by atoms with Crippen LogP contribution in [-0.4, -0.2) is 11.2 Å². The summed E-state index contributed by atoms with van der Waals surface area (Å²) >= 11 is 0. The fourth-order valence-corrected chi connectivity index (χ4v) is 5.51. The molecule has 0 aromatic rings. The van der Waals surface area contributed by atoms with Crippen molar-refractivity contribution in [3.8, 4) is 0 Å². The van der Waals surface area contributed by atoms with E-state index in [1.165, 1.54) is 25.7 Å². The molecule has 0 amide bonds. The molecule has 2 fully saturated rings. The third-order valence-electron chi connectivity index (χ3n) is 6.63. The van der Waals surface area contributed by atoms with Gasteiger partial charge in [-0.15, -0.1) is 0 Å². The third kappa shape index (κ3) is 1.57. The summed E-state index contributed by atoms with van der Waals surface area (Å²) in [5.41, 5.74) is 1.76. The Morgan fingerprint density at radius 1 is 1.16 bits per heavy atom. The van der Waals surface area contributed by atoms with Gasteiger partial charge in [0.2, 0.25) is 0 Å². The average Bonchev–Trinajstić information content (AvgIpc) is 2.75. The standard InChI is InChI=1S/C18H24O/c1-18-11-10-14-13-5-3-2-4-12(13)6-7-15(14)16(18)8-9-17(18)19/h2-6,13-17,19H,7-11H2,1H3/t13-,14+,15+,16-,17?,18-/m0/s1.